The SMILES string of the molecule is Cc1cc(C(=O)O)c(-n2c(N)c3c(cc2=O)C(=O)NC3=O)cc1Cl. The Bertz CT molecular complexity index is 1010. The number of carboxylic acid groups (broad SMARTS) is 1. The predicted octanol–water partition coefficient (Wildman–Crippen LogP) is 0.963. The Hall–Kier alpha value is -3.13. The number of benzene rings is 1. The molecule has 0 unspecified atom stereocenters. The van der Waals surface area contributed by atoms with Crippen molar-refractivity contribution in [3.05, 3.63) is 55.8 Å². The van der Waals surface area contributed by atoms with Crippen LogP contribution in [0.4, 0.5) is 5.82 Å². The molecule has 0 spiro atoms. The zero-order valence-electron chi connectivity index (χ0n) is 12.2. The first-order valence-electron chi connectivity index (χ1n) is 6.67. The van der Waals surface area contributed by atoms with Crippen LogP contribution in [-0.4, -0.2) is 27.5 Å². The molecule has 1 aromatic carbocycles. The summed E-state index contributed by atoms with van der Waals surface area (Å²) in [4.78, 5) is 47.4. The van der Waals surface area contributed by atoms with Crippen molar-refractivity contribution < 1.29 is 19.5 Å². The van der Waals surface area contributed by atoms with Gasteiger partial charge in [-0.25, -0.2) is 4.79 Å². The summed E-state index contributed by atoms with van der Waals surface area (Å²) in [7, 11) is 0. The van der Waals surface area contributed by atoms with Crippen molar-refractivity contribution in [1.82, 2.24) is 9.88 Å². The van der Waals surface area contributed by atoms with E-state index in [-0.39, 0.29) is 33.2 Å². The topological polar surface area (TPSA) is 131 Å². The van der Waals surface area contributed by atoms with E-state index in [0.29, 0.717) is 5.56 Å². The number of anilines is 1. The molecule has 2 amide bonds. The van der Waals surface area contributed by atoms with Gasteiger partial charge in [0.2, 0.25) is 0 Å². The van der Waals surface area contributed by atoms with Crippen LogP contribution in [0, 0.1) is 6.92 Å². The Labute approximate surface area is 139 Å². The Balaban J connectivity index is 2.41. The number of amides is 2. The number of pyridine rings is 1. The maximum absolute atomic E-state index is 12.4. The highest BCUT2D eigenvalue weighted by Gasteiger charge is 2.32. The lowest BCUT2D eigenvalue weighted by Gasteiger charge is -2.15. The maximum atomic E-state index is 12.4. The number of hydrogen-bond acceptors (Lipinski definition) is 5. The number of imide groups is 1. The molecule has 0 saturated carbocycles. The van der Waals surface area contributed by atoms with E-state index < -0.39 is 23.3 Å². The van der Waals surface area contributed by atoms with Gasteiger partial charge in [0, 0.05) is 11.1 Å². The number of halogens is 1. The van der Waals surface area contributed by atoms with Crippen LogP contribution < -0.4 is 16.6 Å². The number of carboxylic acids is 1. The molecule has 2 aromatic rings. The van der Waals surface area contributed by atoms with Crippen molar-refractivity contribution in [1.29, 1.82) is 0 Å². The van der Waals surface area contributed by atoms with Crippen molar-refractivity contribution in [2.45, 2.75) is 6.92 Å². The van der Waals surface area contributed by atoms with E-state index in [4.69, 9.17) is 17.3 Å². The summed E-state index contributed by atoms with van der Waals surface area (Å²) < 4.78 is 0.853. The molecule has 24 heavy (non-hydrogen) atoms. The third kappa shape index (κ3) is 2.16. The first kappa shape index (κ1) is 15.8. The van der Waals surface area contributed by atoms with Crippen molar-refractivity contribution in [3.63, 3.8) is 0 Å². The van der Waals surface area contributed by atoms with Crippen LogP contribution in [0.3, 0.4) is 0 Å². The smallest absolute Gasteiger partial charge is 0.337 e. The second-order valence-corrected chi connectivity index (χ2v) is 5.61. The molecule has 122 valence electrons. The highest BCUT2D eigenvalue weighted by molar-refractivity contribution is 6.31. The summed E-state index contributed by atoms with van der Waals surface area (Å²) in [6.07, 6.45) is 0. The second-order valence-electron chi connectivity index (χ2n) is 5.20. The average molecular weight is 348 g/mol. The maximum Gasteiger partial charge on any atom is 0.337 e. The van der Waals surface area contributed by atoms with Crippen LogP contribution in [0.2, 0.25) is 5.02 Å². The van der Waals surface area contributed by atoms with Gasteiger partial charge in [0.15, 0.2) is 0 Å². The van der Waals surface area contributed by atoms with Crippen molar-refractivity contribution >= 4 is 35.2 Å². The van der Waals surface area contributed by atoms with Gasteiger partial charge in [-0.3, -0.25) is 24.3 Å². The third-order valence-corrected chi connectivity index (χ3v) is 4.11. The molecule has 0 fully saturated rings. The lowest BCUT2D eigenvalue weighted by Crippen LogP contribution is -2.25. The van der Waals surface area contributed by atoms with Gasteiger partial charge < -0.3 is 10.8 Å². The van der Waals surface area contributed by atoms with Crippen LogP contribution in [0.1, 0.15) is 36.6 Å². The minimum Gasteiger partial charge on any atom is -0.478 e. The number of nitrogens with one attached hydrogen (secondary N) is 1. The number of nitrogens with two attached hydrogens (primary N) is 1. The largest absolute Gasteiger partial charge is 0.478 e. The van der Waals surface area contributed by atoms with E-state index in [1.165, 1.54) is 12.1 Å². The van der Waals surface area contributed by atoms with E-state index in [0.717, 1.165) is 10.6 Å². The van der Waals surface area contributed by atoms with Gasteiger partial charge in [-0.05, 0) is 24.6 Å². The summed E-state index contributed by atoms with van der Waals surface area (Å²) in [6.45, 7) is 1.61. The average Bonchev–Trinajstić information content (AvgIpc) is 2.76. The molecule has 2 heterocycles. The number of aromatic carboxylic acids is 1. The van der Waals surface area contributed by atoms with Gasteiger partial charge in [0.25, 0.3) is 17.4 Å². The van der Waals surface area contributed by atoms with E-state index in [2.05, 4.69) is 0 Å². The normalized spacial score (nSPS) is 12.9. The quantitative estimate of drug-likeness (QED) is 0.693. The minimum atomic E-state index is -1.29. The number of carbonyl (C=O) groups is 3. The first-order valence-corrected chi connectivity index (χ1v) is 7.05. The molecule has 0 bridgehead atoms. The Morgan fingerprint density at radius 3 is 2.50 bits per heavy atom. The molecule has 1 aliphatic rings. The fourth-order valence-electron chi connectivity index (χ4n) is 2.56. The molecule has 1 aromatic heterocycles. The molecule has 8 nitrogen and oxygen atoms in total. The molecular weight excluding hydrogens is 338 g/mol. The van der Waals surface area contributed by atoms with Gasteiger partial charge in [0.05, 0.1) is 22.4 Å². The summed E-state index contributed by atoms with van der Waals surface area (Å²) in [6, 6.07) is 3.51. The van der Waals surface area contributed by atoms with Crippen LogP contribution in [0.25, 0.3) is 5.69 Å². The van der Waals surface area contributed by atoms with Gasteiger partial charge in [0.1, 0.15) is 5.82 Å². The summed E-state index contributed by atoms with van der Waals surface area (Å²) in [5.41, 5.74) is 5.02. The van der Waals surface area contributed by atoms with Gasteiger partial charge >= 0.3 is 5.97 Å². The Kier molecular flexibility index (Phi) is 3.42. The molecule has 1 aliphatic heterocycles. The number of hydrogen-bond donors (Lipinski definition) is 3. The molecule has 9 heteroatoms. The highest BCUT2D eigenvalue weighted by Crippen LogP contribution is 2.28. The number of fused-ring (bicyclic) bond motifs is 1. The van der Waals surface area contributed by atoms with E-state index in [1.807, 2.05) is 5.32 Å². The van der Waals surface area contributed by atoms with Gasteiger partial charge in [-0.1, -0.05) is 11.6 Å². The van der Waals surface area contributed by atoms with E-state index in [1.54, 1.807) is 6.92 Å². The Morgan fingerprint density at radius 1 is 1.21 bits per heavy atom. The van der Waals surface area contributed by atoms with E-state index in [9.17, 15) is 24.3 Å². The lowest BCUT2D eigenvalue weighted by molar-refractivity contribution is 0.0696. The number of aromatic nitrogens is 1. The highest BCUT2D eigenvalue weighted by atomic mass is 35.5. The standard InChI is InChI=1S/C15H10ClN3O5/c1-5-2-6(15(23)24)9(4-8(5)16)19-10(20)3-7-11(12(19)17)14(22)18-13(7)21/h2-4H,17H2,1H3,(H,23,24)(H,18,21,22). The second kappa shape index (κ2) is 5.20. The van der Waals surface area contributed by atoms with Gasteiger partial charge in [-0.15, -0.1) is 0 Å². The van der Waals surface area contributed by atoms with Crippen LogP contribution in [0.5, 0.6) is 0 Å². The van der Waals surface area contributed by atoms with Crippen LogP contribution in [0.15, 0.2) is 23.0 Å². The Morgan fingerprint density at radius 2 is 1.88 bits per heavy atom. The zero-order valence-corrected chi connectivity index (χ0v) is 13.0. The number of rotatable bonds is 2. The zero-order chi connectivity index (χ0) is 17.8. The molecular formula is C15H10ClN3O5. The van der Waals surface area contributed by atoms with Gasteiger partial charge in [-0.2, -0.15) is 0 Å². The molecule has 4 N–H and O–H groups in total. The van der Waals surface area contributed by atoms with Crippen molar-refractivity contribution in [3.8, 4) is 5.69 Å². The van der Waals surface area contributed by atoms with E-state index >= 15 is 0 Å². The molecule has 0 radical (unpaired) electrons. The van der Waals surface area contributed by atoms with Crippen LogP contribution in [-0.2, 0) is 0 Å². The minimum absolute atomic E-state index is 0.0875. The summed E-state index contributed by atoms with van der Waals surface area (Å²) >= 11 is 6.03. The molecule has 3 rings (SSSR count). The number of nitrogen functional groups attached to an aromatic ring is 1. The lowest BCUT2D eigenvalue weighted by atomic mass is 10.1. The molecule has 0 atom stereocenters. The third-order valence-electron chi connectivity index (χ3n) is 3.70. The molecule has 0 saturated heterocycles. The number of aryl methyl sites for hydroxylation is 1. The van der Waals surface area contributed by atoms with Crippen molar-refractivity contribution in [2.24, 2.45) is 0 Å². The summed E-state index contributed by atoms with van der Waals surface area (Å²) in [5, 5.41) is 11.6. The van der Waals surface area contributed by atoms with Crippen molar-refractivity contribution in [2.75, 3.05) is 5.73 Å². The monoisotopic (exact) mass is 347 g/mol. The van der Waals surface area contributed by atoms with Crippen LogP contribution >= 0.6 is 11.6 Å². The summed E-state index contributed by atoms with van der Waals surface area (Å²) in [5.74, 6) is -3.11. The molecule has 0 aliphatic carbocycles. The fraction of sp³-hybridized carbons (Fsp3) is 0.0667. The number of nitrogens with zero attached hydrogens (tertiary/aromatic N) is 1. The number of carbonyl (C=O) groups excluding carboxylic acids is 2. The fourth-order valence-corrected chi connectivity index (χ4v) is 2.71. The predicted molar refractivity (Wildman–Crippen MR) is 85.0 cm³/mol. The first-order chi connectivity index (χ1) is 11.2.